The summed E-state index contributed by atoms with van der Waals surface area (Å²) in [5, 5.41) is 0. The van der Waals surface area contributed by atoms with Gasteiger partial charge in [0.15, 0.2) is 0 Å². The first-order valence-corrected chi connectivity index (χ1v) is 30.5. The van der Waals surface area contributed by atoms with Crippen molar-refractivity contribution in [2.24, 2.45) is 11.8 Å². The van der Waals surface area contributed by atoms with Gasteiger partial charge in [-0.3, -0.25) is 0 Å². The molecule has 0 bridgehead atoms. The van der Waals surface area contributed by atoms with Crippen molar-refractivity contribution in [3.8, 4) is 0 Å². The van der Waals surface area contributed by atoms with E-state index in [1.807, 2.05) is 96.9 Å². The van der Waals surface area contributed by atoms with Gasteiger partial charge in [0, 0.05) is 0 Å². The van der Waals surface area contributed by atoms with E-state index < -0.39 is 0 Å². The second-order valence-electron chi connectivity index (χ2n) is 17.6. The van der Waals surface area contributed by atoms with Crippen molar-refractivity contribution in [2.45, 2.75) is 455 Å². The van der Waals surface area contributed by atoms with E-state index in [1.165, 1.54) is 257 Å². The fraction of sp³-hybridized carbons (Fsp3) is 1.00. The van der Waals surface area contributed by atoms with E-state index in [0.29, 0.717) is 0 Å². The highest BCUT2D eigenvalue weighted by atomic mass is 14.0. The minimum atomic E-state index is 0. The van der Waals surface area contributed by atoms with Crippen LogP contribution in [-0.2, 0) is 0 Å². The summed E-state index contributed by atoms with van der Waals surface area (Å²) < 4.78 is 0. The lowest BCUT2D eigenvalue weighted by Gasteiger charge is -2.05. The second kappa shape index (κ2) is 151. The number of hydrogen-bond donors (Lipinski definition) is 0. The van der Waals surface area contributed by atoms with Crippen LogP contribution in [-0.4, -0.2) is 0 Å². The van der Waals surface area contributed by atoms with Gasteiger partial charge >= 0.3 is 0 Å². The summed E-state index contributed by atoms with van der Waals surface area (Å²) in [6.07, 6.45) is 60.0. The Bertz CT molecular complexity index is 280. The Morgan fingerprint density at radius 1 is 0.114 bits per heavy atom. The molecule has 0 amide bonds. The molecule has 0 N–H and O–H groups in total. The van der Waals surface area contributed by atoms with Crippen molar-refractivity contribution in [2.75, 3.05) is 0 Å². The second-order valence-corrected chi connectivity index (χ2v) is 17.6. The summed E-state index contributed by atoms with van der Waals surface area (Å²) in [6, 6.07) is 0. The SMILES string of the molecule is C.C.C.C.C.C.C.C.C1CCC1.C1CCC1.C1CCC1.C1CCC1.C1CCC1.C1CCC1.C1CCC1.C1CCC1.C1CCC1.C1CCC1.CC.CC.CC.CC.CC.CC.CC.CC(C)C.CC(C)C. The van der Waals surface area contributed by atoms with Crippen LogP contribution in [0.3, 0.4) is 0 Å². The lowest BCUT2D eigenvalue weighted by atomic mass is 10.0. The molecule has 0 nitrogen and oxygen atoms in total. The minimum absolute atomic E-state index is 0. The lowest BCUT2D eigenvalue weighted by Crippen LogP contribution is -1.85. The van der Waals surface area contributed by atoms with Gasteiger partial charge in [-0.1, -0.05) is 455 Å². The van der Waals surface area contributed by atoms with Crippen molar-refractivity contribution < 1.29 is 0 Å². The minimum Gasteiger partial charge on any atom is -0.0776 e. The summed E-state index contributed by atoms with van der Waals surface area (Å²) in [5.74, 6) is 1.67. The summed E-state index contributed by atoms with van der Waals surface area (Å²) in [5.41, 5.74) is 0. The van der Waals surface area contributed by atoms with E-state index in [-0.39, 0.29) is 59.4 Å². The van der Waals surface area contributed by atoms with Gasteiger partial charge in [0.05, 0.1) is 0 Å². The van der Waals surface area contributed by atoms with Gasteiger partial charge in [-0.15, -0.1) is 0 Å². The molecule has 10 rings (SSSR count). The molecule has 0 heterocycles. The van der Waals surface area contributed by atoms with E-state index >= 15 is 0 Å². The zero-order valence-electron chi connectivity index (χ0n) is 49.4. The van der Waals surface area contributed by atoms with Crippen LogP contribution in [0.2, 0.25) is 0 Å². The molecular formula is C70H174. The summed E-state index contributed by atoms with van der Waals surface area (Å²) in [7, 11) is 0. The van der Waals surface area contributed by atoms with Gasteiger partial charge in [0.1, 0.15) is 0 Å². The molecule has 0 aromatic heterocycles. The van der Waals surface area contributed by atoms with Gasteiger partial charge in [-0.2, -0.15) is 0 Å². The molecule has 0 saturated heterocycles. The van der Waals surface area contributed by atoms with Gasteiger partial charge in [0.2, 0.25) is 0 Å². The van der Waals surface area contributed by atoms with E-state index in [2.05, 4.69) is 41.5 Å². The highest BCUT2D eigenvalue weighted by Crippen LogP contribution is 2.18. The van der Waals surface area contributed by atoms with Crippen LogP contribution in [0.5, 0.6) is 0 Å². The quantitative estimate of drug-likeness (QED) is 0.227. The molecule has 70 heavy (non-hydrogen) atoms. The fourth-order valence-corrected chi connectivity index (χ4v) is 2.50. The van der Waals surface area contributed by atoms with Gasteiger partial charge < -0.3 is 0 Å². The highest BCUT2D eigenvalue weighted by Gasteiger charge is 1.99. The first kappa shape index (κ1) is 119. The average molecular weight is 1020 g/mol. The third-order valence-electron chi connectivity index (χ3n) is 10.00. The van der Waals surface area contributed by atoms with Crippen molar-refractivity contribution >= 4 is 0 Å². The van der Waals surface area contributed by atoms with Crippen LogP contribution in [0.4, 0.5) is 0 Å². The molecule has 0 spiro atoms. The molecule has 10 aliphatic rings. The lowest BCUT2D eigenvalue weighted by molar-refractivity contribution is 0.504. The van der Waals surface area contributed by atoms with Crippen molar-refractivity contribution in [3.63, 3.8) is 0 Å². The Labute approximate surface area is 464 Å². The average Bonchev–Trinajstić information content (AvgIpc) is 2.99. The Kier molecular flexibility index (Phi) is 256. The van der Waals surface area contributed by atoms with Crippen LogP contribution in [0.1, 0.15) is 455 Å². The fourth-order valence-electron chi connectivity index (χ4n) is 2.50. The molecule has 10 saturated carbocycles. The van der Waals surface area contributed by atoms with Crippen molar-refractivity contribution in [1.29, 1.82) is 0 Å². The number of hydrogen-bond acceptors (Lipinski definition) is 0. The van der Waals surface area contributed by atoms with E-state index in [1.54, 1.807) is 0 Å². The maximum absolute atomic E-state index is 2.17. The van der Waals surface area contributed by atoms with Crippen LogP contribution in [0.15, 0.2) is 0 Å². The molecule has 0 atom stereocenters. The molecule has 0 aliphatic heterocycles. The molecule has 0 unspecified atom stereocenters. The highest BCUT2D eigenvalue weighted by molar-refractivity contribution is 4.54. The summed E-state index contributed by atoms with van der Waals surface area (Å²) in [6.45, 7) is 41.0. The Balaban J connectivity index is -0.0000000283. The molecule has 10 fully saturated rings. The first-order chi connectivity index (χ1) is 30.5. The molecule has 0 radical (unpaired) electrons. The largest absolute Gasteiger partial charge is 0.0776 e. The summed E-state index contributed by atoms with van der Waals surface area (Å²) in [4.78, 5) is 0. The van der Waals surface area contributed by atoms with Crippen LogP contribution in [0, 0.1) is 11.8 Å². The van der Waals surface area contributed by atoms with Crippen LogP contribution >= 0.6 is 0 Å². The maximum Gasteiger partial charge on any atom is -0.0500 e. The Morgan fingerprint density at radius 3 is 0.129 bits per heavy atom. The third-order valence-corrected chi connectivity index (χ3v) is 10.00. The van der Waals surface area contributed by atoms with Gasteiger partial charge in [0.25, 0.3) is 0 Å². The normalized spacial score (nSPS) is 15.3. The zero-order valence-corrected chi connectivity index (χ0v) is 49.4. The molecule has 0 aromatic carbocycles. The van der Waals surface area contributed by atoms with Crippen molar-refractivity contribution in [1.82, 2.24) is 0 Å². The standard InChI is InChI=1S/10C4H8.2C4H10.7C2H6.8CH4/c10*1-2-4-3-1;2*1-4(2)3;7*1-2;;;;;;;;/h10*1-4H2;2*4H,1-3H3;7*1-2H3;8*1H4. The molecule has 0 aromatic rings. The third kappa shape index (κ3) is 191. The maximum atomic E-state index is 2.17. The zero-order chi connectivity index (χ0) is 49.4. The van der Waals surface area contributed by atoms with Crippen molar-refractivity contribution in [3.05, 3.63) is 0 Å². The molecule has 454 valence electrons. The van der Waals surface area contributed by atoms with Gasteiger partial charge in [-0.05, 0) is 11.8 Å². The monoisotopic (exact) mass is 1020 g/mol. The predicted octanol–water partition coefficient (Wildman–Crippen LogP) is 31.2. The van der Waals surface area contributed by atoms with Gasteiger partial charge in [-0.25, -0.2) is 0 Å². The smallest absolute Gasteiger partial charge is 0.0500 e. The predicted molar refractivity (Wildman–Crippen MR) is 359 cm³/mol. The van der Waals surface area contributed by atoms with Crippen LogP contribution in [0.25, 0.3) is 0 Å². The van der Waals surface area contributed by atoms with Crippen LogP contribution < -0.4 is 0 Å². The first-order valence-electron chi connectivity index (χ1n) is 30.5. The molecule has 10 aliphatic carbocycles. The van der Waals surface area contributed by atoms with E-state index in [4.69, 9.17) is 0 Å². The Hall–Kier alpha value is 0. The summed E-state index contributed by atoms with van der Waals surface area (Å²) >= 11 is 0. The molecule has 0 heteroatoms. The number of rotatable bonds is 0. The topological polar surface area (TPSA) is 0 Å². The van der Waals surface area contributed by atoms with E-state index in [0.717, 1.165) is 11.8 Å². The van der Waals surface area contributed by atoms with E-state index in [9.17, 15) is 0 Å². The Morgan fingerprint density at radius 2 is 0.129 bits per heavy atom. The molecular weight excluding hydrogens is 841 g/mol.